The van der Waals surface area contributed by atoms with Crippen molar-refractivity contribution in [3.05, 3.63) is 93.7 Å². The van der Waals surface area contributed by atoms with E-state index in [9.17, 15) is 14.9 Å². The third kappa shape index (κ3) is 5.60. The molecule has 3 rings (SSSR count). The number of aromatic nitrogens is 1. The highest BCUT2D eigenvalue weighted by molar-refractivity contribution is 5.87. The number of ether oxygens (including phenoxy) is 1. The highest BCUT2D eigenvalue weighted by atomic mass is 16.6. The van der Waals surface area contributed by atoms with Gasteiger partial charge >= 0.3 is 5.97 Å². The van der Waals surface area contributed by atoms with Crippen molar-refractivity contribution in [3.63, 3.8) is 0 Å². The van der Waals surface area contributed by atoms with Gasteiger partial charge in [-0.05, 0) is 53.6 Å². The fourth-order valence-electron chi connectivity index (χ4n) is 2.34. The number of carboxylic acids is 1. The molecule has 146 valence electrons. The van der Waals surface area contributed by atoms with Crippen molar-refractivity contribution in [2.24, 2.45) is 5.10 Å². The number of benzene rings is 2. The largest absolute Gasteiger partial charge is 0.489 e. The maximum absolute atomic E-state index is 11.0. The molecule has 0 atom stereocenters. The summed E-state index contributed by atoms with van der Waals surface area (Å²) in [6, 6.07) is 16.5. The van der Waals surface area contributed by atoms with E-state index in [1.54, 1.807) is 48.7 Å². The molecule has 1 aromatic heterocycles. The summed E-state index contributed by atoms with van der Waals surface area (Å²) in [5.74, 6) is 0.0382. The zero-order valence-corrected chi connectivity index (χ0v) is 15.1. The molecule has 29 heavy (non-hydrogen) atoms. The Balaban J connectivity index is 1.53. The molecule has 2 N–H and O–H groups in total. The number of aromatic carboxylic acids is 1. The standard InChI is InChI=1S/C20H16N4O5/c25-20(26)16-3-1-2-15(10-16)13-29-18-7-4-14(5-8-18)11-22-23-19-9-6-17(12-21-19)24(27)28/h1-12H,13H2,(H,21,23)(H,25,26). The van der Waals surface area contributed by atoms with Gasteiger partial charge in [0.1, 0.15) is 24.4 Å². The van der Waals surface area contributed by atoms with Crippen molar-refractivity contribution in [2.45, 2.75) is 6.61 Å². The Bertz CT molecular complexity index is 1030. The molecule has 1 heterocycles. The van der Waals surface area contributed by atoms with Gasteiger partial charge in [0.15, 0.2) is 0 Å². The van der Waals surface area contributed by atoms with Crippen LogP contribution in [-0.2, 0) is 6.61 Å². The highest BCUT2D eigenvalue weighted by Gasteiger charge is 2.05. The zero-order valence-electron chi connectivity index (χ0n) is 15.1. The fourth-order valence-corrected chi connectivity index (χ4v) is 2.34. The molecule has 0 aliphatic rings. The molecule has 0 spiro atoms. The molecule has 0 amide bonds. The molecule has 0 saturated heterocycles. The molecule has 0 aliphatic carbocycles. The van der Waals surface area contributed by atoms with Crippen LogP contribution in [-0.4, -0.2) is 27.2 Å². The predicted octanol–water partition coefficient (Wildman–Crippen LogP) is 3.71. The summed E-state index contributed by atoms with van der Waals surface area (Å²) in [5.41, 5.74) is 4.38. The third-order valence-corrected chi connectivity index (χ3v) is 3.81. The Kier molecular flexibility index (Phi) is 6.11. The number of hydrogen-bond donors (Lipinski definition) is 2. The first-order valence-corrected chi connectivity index (χ1v) is 8.46. The van der Waals surface area contributed by atoms with Crippen LogP contribution in [0.1, 0.15) is 21.5 Å². The van der Waals surface area contributed by atoms with Gasteiger partial charge in [0, 0.05) is 6.07 Å². The maximum atomic E-state index is 11.0. The van der Waals surface area contributed by atoms with Crippen molar-refractivity contribution in [1.29, 1.82) is 0 Å². The zero-order chi connectivity index (χ0) is 20.6. The summed E-state index contributed by atoms with van der Waals surface area (Å²) in [7, 11) is 0. The van der Waals surface area contributed by atoms with Gasteiger partial charge in [-0.1, -0.05) is 12.1 Å². The van der Waals surface area contributed by atoms with Gasteiger partial charge in [-0.2, -0.15) is 5.10 Å². The molecule has 0 saturated carbocycles. The van der Waals surface area contributed by atoms with Crippen molar-refractivity contribution in [2.75, 3.05) is 5.43 Å². The Labute approximate surface area is 165 Å². The first-order valence-electron chi connectivity index (χ1n) is 8.46. The summed E-state index contributed by atoms with van der Waals surface area (Å²) in [4.78, 5) is 25.0. The molecule has 9 nitrogen and oxygen atoms in total. The van der Waals surface area contributed by atoms with E-state index in [-0.39, 0.29) is 17.9 Å². The normalized spacial score (nSPS) is 10.6. The van der Waals surface area contributed by atoms with Crippen LogP contribution in [0.5, 0.6) is 5.75 Å². The monoisotopic (exact) mass is 392 g/mol. The minimum absolute atomic E-state index is 0.0928. The second kappa shape index (κ2) is 9.09. The van der Waals surface area contributed by atoms with Crippen LogP contribution in [0.3, 0.4) is 0 Å². The van der Waals surface area contributed by atoms with Gasteiger partial charge in [0.25, 0.3) is 5.69 Å². The minimum Gasteiger partial charge on any atom is -0.489 e. The van der Waals surface area contributed by atoms with E-state index < -0.39 is 10.9 Å². The summed E-state index contributed by atoms with van der Waals surface area (Å²) in [6.45, 7) is 0.252. The summed E-state index contributed by atoms with van der Waals surface area (Å²) >= 11 is 0. The number of nitrogens with one attached hydrogen (secondary N) is 1. The Morgan fingerprint density at radius 3 is 2.66 bits per heavy atom. The first kappa shape index (κ1) is 19.5. The van der Waals surface area contributed by atoms with Crippen molar-refractivity contribution in [1.82, 2.24) is 4.98 Å². The number of carbonyl (C=O) groups is 1. The minimum atomic E-state index is -0.979. The quantitative estimate of drug-likeness (QED) is 0.340. The molecule has 9 heteroatoms. The maximum Gasteiger partial charge on any atom is 0.335 e. The van der Waals surface area contributed by atoms with Crippen LogP contribution in [0.15, 0.2) is 72.0 Å². The number of nitro groups is 1. The lowest BCUT2D eigenvalue weighted by atomic mass is 10.1. The van der Waals surface area contributed by atoms with Gasteiger partial charge in [0.2, 0.25) is 0 Å². The number of anilines is 1. The molecule has 0 aliphatic heterocycles. The molecule has 0 bridgehead atoms. The smallest absolute Gasteiger partial charge is 0.335 e. The molecule has 3 aromatic rings. The second-order valence-corrected chi connectivity index (χ2v) is 5.89. The van der Waals surface area contributed by atoms with E-state index >= 15 is 0 Å². The van der Waals surface area contributed by atoms with Gasteiger partial charge in [-0.25, -0.2) is 9.78 Å². The lowest BCUT2D eigenvalue weighted by molar-refractivity contribution is -0.385. The van der Waals surface area contributed by atoms with E-state index in [4.69, 9.17) is 9.84 Å². The highest BCUT2D eigenvalue weighted by Crippen LogP contribution is 2.15. The molecule has 2 aromatic carbocycles. The number of rotatable bonds is 8. The molecule has 0 radical (unpaired) electrons. The van der Waals surface area contributed by atoms with E-state index in [1.807, 2.05) is 0 Å². The second-order valence-electron chi connectivity index (χ2n) is 5.89. The van der Waals surface area contributed by atoms with Crippen molar-refractivity contribution >= 4 is 23.7 Å². The number of hydrogen-bond acceptors (Lipinski definition) is 7. The number of carboxylic acid groups (broad SMARTS) is 1. The molecular weight excluding hydrogens is 376 g/mol. The number of pyridine rings is 1. The lowest BCUT2D eigenvalue weighted by Gasteiger charge is -2.07. The Morgan fingerprint density at radius 2 is 2.00 bits per heavy atom. The molecular formula is C20H16N4O5. The van der Waals surface area contributed by atoms with Crippen LogP contribution in [0.2, 0.25) is 0 Å². The van der Waals surface area contributed by atoms with E-state index in [0.717, 1.165) is 17.3 Å². The van der Waals surface area contributed by atoms with Crippen LogP contribution in [0.4, 0.5) is 11.5 Å². The van der Waals surface area contributed by atoms with Crippen LogP contribution in [0.25, 0.3) is 0 Å². The van der Waals surface area contributed by atoms with Gasteiger partial charge < -0.3 is 9.84 Å². The van der Waals surface area contributed by atoms with Gasteiger partial charge in [0.05, 0.1) is 16.7 Å². The average Bonchev–Trinajstić information content (AvgIpc) is 2.74. The predicted molar refractivity (Wildman–Crippen MR) is 106 cm³/mol. The van der Waals surface area contributed by atoms with Crippen LogP contribution >= 0.6 is 0 Å². The molecule has 0 fully saturated rings. The average molecular weight is 392 g/mol. The van der Waals surface area contributed by atoms with E-state index in [0.29, 0.717) is 11.6 Å². The summed E-state index contributed by atoms with van der Waals surface area (Å²) in [5, 5.41) is 23.6. The summed E-state index contributed by atoms with van der Waals surface area (Å²) < 4.78 is 5.67. The SMILES string of the molecule is O=C(O)c1cccc(COc2ccc(C=NNc3ccc([N+](=O)[O-])cn3)cc2)c1. The lowest BCUT2D eigenvalue weighted by Crippen LogP contribution is -2.00. The van der Waals surface area contributed by atoms with E-state index in [1.165, 1.54) is 18.2 Å². The third-order valence-electron chi connectivity index (χ3n) is 3.81. The molecule has 0 unspecified atom stereocenters. The number of hydrazone groups is 1. The van der Waals surface area contributed by atoms with Crippen LogP contribution in [0, 0.1) is 10.1 Å². The summed E-state index contributed by atoms with van der Waals surface area (Å²) in [6.07, 6.45) is 2.72. The number of nitrogens with zero attached hydrogens (tertiary/aromatic N) is 3. The van der Waals surface area contributed by atoms with Crippen molar-refractivity contribution in [3.8, 4) is 5.75 Å². The van der Waals surface area contributed by atoms with Gasteiger partial charge in [-0.15, -0.1) is 0 Å². The van der Waals surface area contributed by atoms with Gasteiger partial charge in [-0.3, -0.25) is 15.5 Å². The van der Waals surface area contributed by atoms with E-state index in [2.05, 4.69) is 15.5 Å². The topological polar surface area (TPSA) is 127 Å². The Morgan fingerprint density at radius 1 is 1.21 bits per heavy atom. The van der Waals surface area contributed by atoms with Crippen LogP contribution < -0.4 is 10.2 Å². The van der Waals surface area contributed by atoms with Crippen molar-refractivity contribution < 1.29 is 19.6 Å². The Hall–Kier alpha value is -4.27. The first-order chi connectivity index (χ1) is 14.0. The fraction of sp³-hybridized carbons (Fsp3) is 0.0500.